The number of amides is 1. The first kappa shape index (κ1) is 21.4. The number of carbonyl (C=O) groups excluding carboxylic acids is 1. The highest BCUT2D eigenvalue weighted by molar-refractivity contribution is 5.80. The molecular formula is C26H34N4O. The molecule has 5 nitrogen and oxygen atoms in total. The van der Waals surface area contributed by atoms with Gasteiger partial charge in [0.15, 0.2) is 5.96 Å². The van der Waals surface area contributed by atoms with E-state index in [4.69, 9.17) is 4.99 Å². The molecule has 2 aromatic rings. The summed E-state index contributed by atoms with van der Waals surface area (Å²) in [6.07, 6.45) is 5.40. The van der Waals surface area contributed by atoms with Crippen molar-refractivity contribution in [1.29, 1.82) is 0 Å². The van der Waals surface area contributed by atoms with Gasteiger partial charge in [0, 0.05) is 38.0 Å². The van der Waals surface area contributed by atoms with Crippen LogP contribution in [0.25, 0.3) is 0 Å². The molecule has 164 valence electrons. The zero-order chi connectivity index (χ0) is 21.5. The van der Waals surface area contributed by atoms with E-state index in [9.17, 15) is 4.79 Å². The van der Waals surface area contributed by atoms with E-state index in [2.05, 4.69) is 72.2 Å². The number of hydrogen-bond donors (Lipinski definition) is 2. The van der Waals surface area contributed by atoms with Crippen LogP contribution in [0.4, 0.5) is 0 Å². The number of likely N-dealkylation sites (tertiary alicyclic amines) is 1. The molecular weight excluding hydrogens is 384 g/mol. The highest BCUT2D eigenvalue weighted by Crippen LogP contribution is 2.43. The first-order valence-corrected chi connectivity index (χ1v) is 11.6. The molecule has 2 aliphatic rings. The second-order valence-electron chi connectivity index (χ2n) is 8.79. The van der Waals surface area contributed by atoms with Crippen molar-refractivity contribution in [3.63, 3.8) is 0 Å². The molecule has 0 bridgehead atoms. The summed E-state index contributed by atoms with van der Waals surface area (Å²) < 4.78 is 0. The number of nitrogens with one attached hydrogen (secondary N) is 2. The van der Waals surface area contributed by atoms with Crippen molar-refractivity contribution in [3.8, 4) is 0 Å². The first-order chi connectivity index (χ1) is 15.2. The highest BCUT2D eigenvalue weighted by atomic mass is 16.2. The van der Waals surface area contributed by atoms with Gasteiger partial charge in [-0.2, -0.15) is 0 Å². The Balaban J connectivity index is 1.39. The zero-order valence-corrected chi connectivity index (χ0v) is 18.6. The topological polar surface area (TPSA) is 56.7 Å². The van der Waals surface area contributed by atoms with E-state index in [1.54, 1.807) is 0 Å². The third kappa shape index (κ3) is 5.27. The Hall–Kier alpha value is -2.82. The molecule has 0 aromatic heterocycles. The van der Waals surface area contributed by atoms with Crippen LogP contribution < -0.4 is 10.6 Å². The van der Waals surface area contributed by atoms with Crippen LogP contribution in [0, 0.1) is 0 Å². The zero-order valence-electron chi connectivity index (χ0n) is 18.6. The quantitative estimate of drug-likeness (QED) is 0.504. The fourth-order valence-electron chi connectivity index (χ4n) is 4.65. The van der Waals surface area contributed by atoms with Crippen LogP contribution >= 0.6 is 0 Å². The van der Waals surface area contributed by atoms with Crippen LogP contribution in [-0.4, -0.2) is 36.4 Å². The molecule has 2 N–H and O–H groups in total. The third-order valence-electron chi connectivity index (χ3n) is 6.59. The van der Waals surface area contributed by atoms with Gasteiger partial charge in [-0.3, -0.25) is 4.79 Å². The van der Waals surface area contributed by atoms with Gasteiger partial charge in [0.1, 0.15) is 0 Å². The van der Waals surface area contributed by atoms with Crippen LogP contribution in [-0.2, 0) is 23.3 Å². The normalized spacial score (nSPS) is 18.0. The summed E-state index contributed by atoms with van der Waals surface area (Å²) in [6, 6.07) is 19.3. The minimum absolute atomic E-state index is 0.222. The number of hydrogen-bond acceptors (Lipinski definition) is 2. The molecule has 1 heterocycles. The van der Waals surface area contributed by atoms with E-state index in [0.29, 0.717) is 19.5 Å². The Kier molecular flexibility index (Phi) is 6.90. The summed E-state index contributed by atoms with van der Waals surface area (Å²) in [6.45, 7) is 6.03. The lowest BCUT2D eigenvalue weighted by atomic mass is 9.64. The van der Waals surface area contributed by atoms with Gasteiger partial charge < -0.3 is 15.5 Å². The summed E-state index contributed by atoms with van der Waals surface area (Å²) >= 11 is 0. The maximum Gasteiger partial charge on any atom is 0.222 e. The lowest BCUT2D eigenvalue weighted by molar-refractivity contribution is -0.128. The van der Waals surface area contributed by atoms with Crippen LogP contribution in [0.5, 0.6) is 0 Å². The van der Waals surface area contributed by atoms with Gasteiger partial charge in [-0.1, -0.05) is 61.0 Å². The Morgan fingerprint density at radius 1 is 1.03 bits per heavy atom. The van der Waals surface area contributed by atoms with Crippen molar-refractivity contribution in [2.24, 2.45) is 4.99 Å². The second kappa shape index (κ2) is 9.99. The number of aliphatic imine (C=N–C) groups is 1. The Morgan fingerprint density at radius 3 is 2.52 bits per heavy atom. The van der Waals surface area contributed by atoms with Gasteiger partial charge in [-0.25, -0.2) is 4.99 Å². The van der Waals surface area contributed by atoms with Crippen LogP contribution in [0.3, 0.4) is 0 Å². The molecule has 31 heavy (non-hydrogen) atoms. The average molecular weight is 419 g/mol. The Bertz CT molecular complexity index is 905. The Morgan fingerprint density at radius 2 is 1.84 bits per heavy atom. The molecule has 1 saturated heterocycles. The molecule has 1 aliphatic carbocycles. The Labute approximate surface area is 186 Å². The molecule has 0 atom stereocenters. The third-order valence-corrected chi connectivity index (χ3v) is 6.59. The summed E-state index contributed by atoms with van der Waals surface area (Å²) in [5.41, 5.74) is 3.99. The highest BCUT2D eigenvalue weighted by Gasteiger charge is 2.38. The van der Waals surface area contributed by atoms with E-state index < -0.39 is 0 Å². The molecule has 0 radical (unpaired) electrons. The van der Waals surface area contributed by atoms with Crippen molar-refractivity contribution in [1.82, 2.24) is 15.5 Å². The fourth-order valence-corrected chi connectivity index (χ4v) is 4.65. The van der Waals surface area contributed by atoms with Crippen molar-refractivity contribution in [3.05, 3.63) is 71.3 Å². The first-order valence-electron chi connectivity index (χ1n) is 11.6. The van der Waals surface area contributed by atoms with E-state index in [1.165, 1.54) is 36.0 Å². The van der Waals surface area contributed by atoms with E-state index >= 15 is 0 Å². The molecule has 1 amide bonds. The molecule has 1 saturated carbocycles. The molecule has 2 aromatic carbocycles. The van der Waals surface area contributed by atoms with E-state index in [-0.39, 0.29) is 11.3 Å². The maximum atomic E-state index is 11.9. The van der Waals surface area contributed by atoms with Gasteiger partial charge in [-0.15, -0.1) is 0 Å². The fraction of sp³-hybridized carbons (Fsp3) is 0.462. The SMILES string of the molecule is CCNC(=NCc1cccc(CN2CCCC2=O)c1)NCC1(c2ccccc2)CCC1. The lowest BCUT2D eigenvalue weighted by Gasteiger charge is -2.43. The van der Waals surface area contributed by atoms with Crippen LogP contribution in [0.15, 0.2) is 59.6 Å². The number of nitrogens with zero attached hydrogens (tertiary/aromatic N) is 2. The lowest BCUT2D eigenvalue weighted by Crippen LogP contribution is -2.48. The number of carbonyl (C=O) groups is 1. The predicted molar refractivity (Wildman–Crippen MR) is 126 cm³/mol. The minimum Gasteiger partial charge on any atom is -0.357 e. The molecule has 0 spiro atoms. The summed E-state index contributed by atoms with van der Waals surface area (Å²) in [5.74, 6) is 1.13. The van der Waals surface area contributed by atoms with E-state index in [0.717, 1.165) is 32.0 Å². The smallest absolute Gasteiger partial charge is 0.222 e. The molecule has 0 unspecified atom stereocenters. The second-order valence-corrected chi connectivity index (χ2v) is 8.79. The number of benzene rings is 2. The van der Waals surface area contributed by atoms with Gasteiger partial charge in [0.2, 0.25) is 5.91 Å². The van der Waals surface area contributed by atoms with Gasteiger partial charge in [-0.05, 0) is 42.9 Å². The summed E-state index contributed by atoms with van der Waals surface area (Å²) in [7, 11) is 0. The van der Waals surface area contributed by atoms with Crippen molar-refractivity contribution in [2.75, 3.05) is 19.6 Å². The summed E-state index contributed by atoms with van der Waals surface area (Å²) in [5, 5.41) is 6.99. The van der Waals surface area contributed by atoms with Crippen molar-refractivity contribution in [2.45, 2.75) is 57.5 Å². The maximum absolute atomic E-state index is 11.9. The minimum atomic E-state index is 0.222. The largest absolute Gasteiger partial charge is 0.357 e. The summed E-state index contributed by atoms with van der Waals surface area (Å²) in [4.78, 5) is 18.7. The number of guanidine groups is 1. The average Bonchev–Trinajstić information content (AvgIpc) is 3.16. The van der Waals surface area contributed by atoms with Gasteiger partial charge >= 0.3 is 0 Å². The van der Waals surface area contributed by atoms with Crippen molar-refractivity contribution < 1.29 is 4.79 Å². The molecule has 1 aliphatic heterocycles. The molecule has 2 fully saturated rings. The van der Waals surface area contributed by atoms with Gasteiger partial charge in [0.25, 0.3) is 0 Å². The van der Waals surface area contributed by atoms with Crippen LogP contribution in [0.1, 0.15) is 55.7 Å². The molecule has 4 rings (SSSR count). The standard InChI is InChI=1S/C26H34N4O/c1-2-27-25(29-20-26(14-8-15-26)23-11-4-3-5-12-23)28-18-21-9-6-10-22(17-21)19-30-16-7-13-24(30)31/h3-6,9-12,17H,2,7-8,13-16,18-20H2,1H3,(H2,27,28,29). The number of rotatable bonds is 8. The van der Waals surface area contributed by atoms with Crippen molar-refractivity contribution >= 4 is 11.9 Å². The predicted octanol–water partition coefficient (Wildman–Crippen LogP) is 3.99. The van der Waals surface area contributed by atoms with E-state index in [1.807, 2.05) is 4.90 Å². The van der Waals surface area contributed by atoms with Crippen LogP contribution in [0.2, 0.25) is 0 Å². The molecule has 5 heteroatoms. The van der Waals surface area contributed by atoms with Gasteiger partial charge in [0.05, 0.1) is 6.54 Å². The monoisotopic (exact) mass is 418 g/mol.